The molecule has 1 heterocycles. The van der Waals surface area contributed by atoms with E-state index >= 15 is 0 Å². The number of hydrogen-bond donors (Lipinski definition) is 1. The minimum Gasteiger partial charge on any atom is -0.376 e. The van der Waals surface area contributed by atoms with Crippen LogP contribution in [0.1, 0.15) is 22.3 Å². The molecule has 1 N–H and O–H groups in total. The van der Waals surface area contributed by atoms with Crippen LogP contribution in [0.2, 0.25) is 0 Å². The van der Waals surface area contributed by atoms with E-state index < -0.39 is 23.2 Å². The molecule has 3 nitrogen and oxygen atoms in total. The SMILES string of the molecule is OC(c1ccccc1)(c1cncnc1)c1ccc(C(F)(F)F)cc1F. The topological polar surface area (TPSA) is 46.0 Å². The molecule has 0 amide bonds. The Hall–Kier alpha value is -2.80. The molecule has 3 aromatic rings. The lowest BCUT2D eigenvalue weighted by Gasteiger charge is -2.30. The molecule has 3 rings (SSSR count). The summed E-state index contributed by atoms with van der Waals surface area (Å²) in [5.41, 5.74) is -3.06. The summed E-state index contributed by atoms with van der Waals surface area (Å²) in [7, 11) is 0. The number of aliphatic hydroxyl groups is 1. The molecule has 0 spiro atoms. The standard InChI is InChI=1S/C18H12F4N2O/c19-16-8-13(18(20,21)22)6-7-15(16)17(25,12-4-2-1-3-5-12)14-9-23-11-24-10-14/h1-11,25H. The maximum Gasteiger partial charge on any atom is 0.416 e. The average Bonchev–Trinajstić information content (AvgIpc) is 2.62. The highest BCUT2D eigenvalue weighted by atomic mass is 19.4. The highest BCUT2D eigenvalue weighted by Gasteiger charge is 2.39. The van der Waals surface area contributed by atoms with Crippen LogP contribution in [0.15, 0.2) is 67.3 Å². The minimum atomic E-state index is -4.68. The van der Waals surface area contributed by atoms with Crippen molar-refractivity contribution in [1.29, 1.82) is 0 Å². The van der Waals surface area contributed by atoms with Crippen molar-refractivity contribution in [3.8, 4) is 0 Å². The first-order valence-electron chi connectivity index (χ1n) is 7.24. The Morgan fingerprint density at radius 1 is 0.800 bits per heavy atom. The average molecular weight is 348 g/mol. The van der Waals surface area contributed by atoms with Crippen molar-refractivity contribution in [2.24, 2.45) is 0 Å². The monoisotopic (exact) mass is 348 g/mol. The molecule has 0 saturated carbocycles. The molecular weight excluding hydrogens is 336 g/mol. The van der Waals surface area contributed by atoms with Crippen LogP contribution in [0.4, 0.5) is 17.6 Å². The van der Waals surface area contributed by atoms with Gasteiger partial charge in [0, 0.05) is 23.5 Å². The quantitative estimate of drug-likeness (QED) is 0.730. The van der Waals surface area contributed by atoms with Crippen molar-refractivity contribution in [3.63, 3.8) is 0 Å². The number of hydrogen-bond acceptors (Lipinski definition) is 3. The molecule has 0 saturated heterocycles. The third-order valence-electron chi connectivity index (χ3n) is 3.86. The van der Waals surface area contributed by atoms with Gasteiger partial charge in [-0.1, -0.05) is 36.4 Å². The van der Waals surface area contributed by atoms with Crippen molar-refractivity contribution < 1.29 is 22.7 Å². The first-order valence-corrected chi connectivity index (χ1v) is 7.24. The van der Waals surface area contributed by atoms with E-state index in [1.165, 1.54) is 18.7 Å². The predicted octanol–water partition coefficient (Wildman–Crippen LogP) is 3.92. The van der Waals surface area contributed by atoms with Crippen LogP contribution in [0.25, 0.3) is 0 Å². The Morgan fingerprint density at radius 3 is 2.00 bits per heavy atom. The van der Waals surface area contributed by atoms with Gasteiger partial charge in [0.1, 0.15) is 17.7 Å². The van der Waals surface area contributed by atoms with Gasteiger partial charge in [0.05, 0.1) is 5.56 Å². The van der Waals surface area contributed by atoms with Gasteiger partial charge in [-0.2, -0.15) is 13.2 Å². The van der Waals surface area contributed by atoms with E-state index in [2.05, 4.69) is 9.97 Å². The summed E-state index contributed by atoms with van der Waals surface area (Å²) < 4.78 is 52.9. The van der Waals surface area contributed by atoms with E-state index in [4.69, 9.17) is 0 Å². The fourth-order valence-electron chi connectivity index (χ4n) is 2.63. The Balaban J connectivity index is 2.24. The molecule has 1 atom stereocenters. The second-order valence-electron chi connectivity index (χ2n) is 5.40. The Morgan fingerprint density at radius 2 is 1.44 bits per heavy atom. The van der Waals surface area contributed by atoms with Crippen LogP contribution >= 0.6 is 0 Å². The summed E-state index contributed by atoms with van der Waals surface area (Å²) in [6.45, 7) is 0. The van der Waals surface area contributed by atoms with Gasteiger partial charge in [0.2, 0.25) is 0 Å². The number of nitrogens with zero attached hydrogens (tertiary/aromatic N) is 2. The van der Waals surface area contributed by atoms with Crippen LogP contribution in [0.5, 0.6) is 0 Å². The van der Waals surface area contributed by atoms with E-state index in [1.807, 2.05) is 0 Å². The van der Waals surface area contributed by atoms with Crippen molar-refractivity contribution in [3.05, 3.63) is 95.3 Å². The predicted molar refractivity (Wildman–Crippen MR) is 82.0 cm³/mol. The van der Waals surface area contributed by atoms with Gasteiger partial charge >= 0.3 is 6.18 Å². The van der Waals surface area contributed by atoms with Crippen molar-refractivity contribution >= 4 is 0 Å². The Kier molecular flexibility index (Phi) is 4.26. The number of alkyl halides is 3. The molecule has 128 valence electrons. The Bertz CT molecular complexity index is 828. The zero-order valence-corrected chi connectivity index (χ0v) is 12.7. The van der Waals surface area contributed by atoms with Gasteiger partial charge in [0.25, 0.3) is 0 Å². The smallest absolute Gasteiger partial charge is 0.376 e. The molecular formula is C18H12F4N2O. The Labute approximate surface area is 140 Å². The second kappa shape index (κ2) is 6.25. The first kappa shape index (κ1) is 17.0. The van der Waals surface area contributed by atoms with Gasteiger partial charge in [-0.05, 0) is 17.7 Å². The summed E-state index contributed by atoms with van der Waals surface area (Å²) in [5, 5.41) is 11.3. The van der Waals surface area contributed by atoms with E-state index in [0.717, 1.165) is 12.1 Å². The lowest BCUT2D eigenvalue weighted by molar-refractivity contribution is -0.137. The summed E-state index contributed by atoms with van der Waals surface area (Å²) in [6.07, 6.45) is -0.869. The van der Waals surface area contributed by atoms with Gasteiger partial charge < -0.3 is 5.11 Å². The molecule has 0 aliphatic rings. The summed E-state index contributed by atoms with van der Waals surface area (Å²) in [6, 6.07) is 10.1. The molecule has 2 aromatic carbocycles. The number of aromatic nitrogens is 2. The zero-order valence-electron chi connectivity index (χ0n) is 12.7. The molecule has 0 aliphatic carbocycles. The lowest BCUT2D eigenvalue weighted by atomic mass is 9.81. The van der Waals surface area contributed by atoms with E-state index in [-0.39, 0.29) is 16.7 Å². The molecule has 1 unspecified atom stereocenters. The number of rotatable bonds is 3. The largest absolute Gasteiger partial charge is 0.416 e. The van der Waals surface area contributed by atoms with Crippen LogP contribution < -0.4 is 0 Å². The second-order valence-corrected chi connectivity index (χ2v) is 5.40. The van der Waals surface area contributed by atoms with Crippen molar-refractivity contribution in [2.45, 2.75) is 11.8 Å². The van der Waals surface area contributed by atoms with E-state index in [9.17, 15) is 22.7 Å². The molecule has 7 heteroatoms. The number of halogens is 4. The molecule has 0 bridgehead atoms. The molecule has 1 aromatic heterocycles. The highest BCUT2D eigenvalue weighted by molar-refractivity contribution is 5.46. The van der Waals surface area contributed by atoms with E-state index in [1.54, 1.807) is 30.3 Å². The lowest BCUT2D eigenvalue weighted by Crippen LogP contribution is -2.30. The molecule has 25 heavy (non-hydrogen) atoms. The third-order valence-corrected chi connectivity index (χ3v) is 3.86. The summed E-state index contributed by atoms with van der Waals surface area (Å²) in [4.78, 5) is 7.63. The van der Waals surface area contributed by atoms with Crippen LogP contribution in [-0.2, 0) is 11.8 Å². The fourth-order valence-corrected chi connectivity index (χ4v) is 2.63. The fraction of sp³-hybridized carbons (Fsp3) is 0.111. The number of benzene rings is 2. The van der Waals surface area contributed by atoms with Crippen LogP contribution in [0, 0.1) is 5.82 Å². The van der Waals surface area contributed by atoms with E-state index in [0.29, 0.717) is 6.07 Å². The first-order chi connectivity index (χ1) is 11.8. The minimum absolute atomic E-state index is 0.139. The van der Waals surface area contributed by atoms with Gasteiger partial charge in [0.15, 0.2) is 0 Å². The van der Waals surface area contributed by atoms with Gasteiger partial charge in [-0.15, -0.1) is 0 Å². The maximum atomic E-state index is 14.5. The molecule has 0 fully saturated rings. The van der Waals surface area contributed by atoms with Gasteiger partial charge in [-0.25, -0.2) is 14.4 Å². The van der Waals surface area contributed by atoms with Crippen molar-refractivity contribution in [2.75, 3.05) is 0 Å². The third kappa shape index (κ3) is 3.10. The van der Waals surface area contributed by atoms with Crippen molar-refractivity contribution in [1.82, 2.24) is 9.97 Å². The summed E-state index contributed by atoms with van der Waals surface area (Å²) in [5.74, 6) is -1.18. The zero-order chi connectivity index (χ0) is 18.1. The summed E-state index contributed by atoms with van der Waals surface area (Å²) >= 11 is 0. The molecule has 0 aliphatic heterocycles. The van der Waals surface area contributed by atoms with Crippen LogP contribution in [0.3, 0.4) is 0 Å². The molecule has 0 radical (unpaired) electrons. The normalized spacial score (nSPS) is 14.1. The van der Waals surface area contributed by atoms with Crippen LogP contribution in [-0.4, -0.2) is 15.1 Å². The van der Waals surface area contributed by atoms with Gasteiger partial charge in [-0.3, -0.25) is 0 Å². The highest BCUT2D eigenvalue weighted by Crippen LogP contribution is 2.39. The maximum absolute atomic E-state index is 14.5.